The van der Waals surface area contributed by atoms with Crippen LogP contribution in [0.4, 0.5) is 22.0 Å². The van der Waals surface area contributed by atoms with Gasteiger partial charge in [-0.1, -0.05) is 11.6 Å². The maximum absolute atomic E-state index is 13.5. The molecule has 1 aliphatic carbocycles. The first-order valence-electron chi connectivity index (χ1n) is 14.0. The van der Waals surface area contributed by atoms with E-state index in [-0.39, 0.29) is 64.4 Å². The number of pyridine rings is 2. The molecule has 0 bridgehead atoms. The highest BCUT2D eigenvalue weighted by Gasteiger charge is 2.35. The summed E-state index contributed by atoms with van der Waals surface area (Å²) in [5.74, 6) is -1.38. The number of ether oxygens (including phenoxy) is 1. The van der Waals surface area contributed by atoms with Crippen LogP contribution in [0.1, 0.15) is 57.0 Å². The fourth-order valence-electron chi connectivity index (χ4n) is 5.57. The summed E-state index contributed by atoms with van der Waals surface area (Å²) in [6, 6.07) is 4.61. The molecular weight excluding hydrogens is 580 g/mol. The van der Waals surface area contributed by atoms with Gasteiger partial charge >= 0.3 is 6.09 Å². The zero-order chi connectivity index (χ0) is 30.9. The van der Waals surface area contributed by atoms with Crippen molar-refractivity contribution in [2.45, 2.75) is 58.0 Å². The molecule has 3 aromatic heterocycles. The molecule has 3 aromatic rings. The molecule has 0 unspecified atom stereocenters. The summed E-state index contributed by atoms with van der Waals surface area (Å²) < 4.78 is 11.2. The average Bonchev–Trinajstić information content (AvgIpc) is 3.31. The minimum absolute atomic E-state index is 0.0341. The van der Waals surface area contributed by atoms with Crippen molar-refractivity contribution in [2.24, 2.45) is 5.92 Å². The van der Waals surface area contributed by atoms with Crippen LogP contribution >= 0.6 is 11.6 Å². The van der Waals surface area contributed by atoms with Crippen LogP contribution in [0.3, 0.4) is 0 Å². The van der Waals surface area contributed by atoms with Crippen LogP contribution in [-0.2, 0) is 14.3 Å². The molecule has 0 atom stereocenters. The Balaban J connectivity index is 1.42. The number of morpholine rings is 1. The van der Waals surface area contributed by atoms with Gasteiger partial charge in [0.05, 0.1) is 23.5 Å². The van der Waals surface area contributed by atoms with E-state index in [1.165, 1.54) is 24.5 Å². The Kier molecular flexibility index (Phi) is 8.56. The number of anilines is 3. The van der Waals surface area contributed by atoms with Gasteiger partial charge in [-0.2, -0.15) is 0 Å². The number of carbonyl (C=O) groups is 4. The van der Waals surface area contributed by atoms with Crippen molar-refractivity contribution in [1.29, 1.82) is 0 Å². The number of carbonyl (C=O) groups excluding carboxylic acids is 3. The van der Waals surface area contributed by atoms with E-state index in [1.807, 2.05) is 4.90 Å². The Bertz CT molecular complexity index is 1540. The summed E-state index contributed by atoms with van der Waals surface area (Å²) in [7, 11) is 0. The summed E-state index contributed by atoms with van der Waals surface area (Å²) in [5.41, 5.74) is -0.177. The van der Waals surface area contributed by atoms with E-state index in [4.69, 9.17) is 20.8 Å². The maximum atomic E-state index is 13.5. The van der Waals surface area contributed by atoms with Crippen LogP contribution in [0.5, 0.6) is 0 Å². The molecule has 228 valence electrons. The molecule has 4 amide bonds. The minimum atomic E-state index is -1.19. The second-order valence-electron chi connectivity index (χ2n) is 11.6. The predicted molar refractivity (Wildman–Crippen MR) is 158 cm³/mol. The summed E-state index contributed by atoms with van der Waals surface area (Å²) in [6.45, 7) is 6.34. The van der Waals surface area contributed by atoms with E-state index in [0.29, 0.717) is 43.9 Å². The van der Waals surface area contributed by atoms with Gasteiger partial charge in [-0.15, -0.1) is 0 Å². The Labute approximate surface area is 252 Å². The topological polar surface area (TPSA) is 167 Å². The lowest BCUT2D eigenvalue weighted by Gasteiger charge is -2.38. The first-order chi connectivity index (χ1) is 20.4. The number of furan rings is 1. The Hall–Kier alpha value is -4.23. The molecule has 14 heteroatoms. The van der Waals surface area contributed by atoms with Crippen molar-refractivity contribution in [3.8, 4) is 0 Å². The summed E-state index contributed by atoms with van der Waals surface area (Å²) in [5, 5.41) is 15.7. The van der Waals surface area contributed by atoms with Gasteiger partial charge in [0.2, 0.25) is 17.6 Å². The van der Waals surface area contributed by atoms with Gasteiger partial charge in [0.25, 0.3) is 5.91 Å². The van der Waals surface area contributed by atoms with Crippen molar-refractivity contribution in [1.82, 2.24) is 14.9 Å². The number of amides is 4. The maximum Gasteiger partial charge on any atom is 0.412 e. The van der Waals surface area contributed by atoms with Gasteiger partial charge in [-0.25, -0.2) is 14.8 Å². The highest BCUT2D eigenvalue weighted by Crippen LogP contribution is 2.36. The third kappa shape index (κ3) is 6.57. The fraction of sp³-hybridized carbons (Fsp3) is 0.448. The Morgan fingerprint density at radius 2 is 1.84 bits per heavy atom. The van der Waals surface area contributed by atoms with E-state index < -0.39 is 17.5 Å². The number of hydrogen-bond donors (Lipinski definition) is 3. The molecule has 1 saturated carbocycles. The first kappa shape index (κ1) is 30.2. The van der Waals surface area contributed by atoms with Crippen molar-refractivity contribution in [3.63, 3.8) is 0 Å². The van der Waals surface area contributed by atoms with E-state index in [1.54, 1.807) is 26.8 Å². The zero-order valence-corrected chi connectivity index (χ0v) is 24.8. The summed E-state index contributed by atoms with van der Waals surface area (Å²) in [4.78, 5) is 62.7. The quantitative estimate of drug-likeness (QED) is 0.355. The normalized spacial score (nSPS) is 19.3. The zero-order valence-electron chi connectivity index (χ0n) is 24.1. The van der Waals surface area contributed by atoms with Crippen LogP contribution in [0.15, 0.2) is 35.0 Å². The Morgan fingerprint density at radius 1 is 1.09 bits per heavy atom. The van der Waals surface area contributed by atoms with Crippen molar-refractivity contribution < 1.29 is 33.4 Å². The molecule has 0 radical (unpaired) electrons. The molecule has 1 aliphatic heterocycles. The molecule has 0 spiro atoms. The molecule has 1 saturated heterocycles. The monoisotopic (exact) mass is 612 g/mol. The highest BCUT2D eigenvalue weighted by atomic mass is 35.5. The SMILES string of the molecule is CC(C)(C)N(C(=O)O)c1cnc2c(NC(=O)C3CCC(N4CCOCC4=O)CC3)c(C(=O)Nc3ccc(Cl)cn3)oc2c1. The van der Waals surface area contributed by atoms with Crippen LogP contribution < -0.4 is 15.5 Å². The third-order valence-corrected chi connectivity index (χ3v) is 7.81. The predicted octanol–water partition coefficient (Wildman–Crippen LogP) is 4.77. The van der Waals surface area contributed by atoms with Gasteiger partial charge in [0.1, 0.15) is 23.6 Å². The van der Waals surface area contributed by atoms with E-state index in [2.05, 4.69) is 20.6 Å². The Morgan fingerprint density at radius 3 is 2.47 bits per heavy atom. The van der Waals surface area contributed by atoms with E-state index in [0.717, 1.165) is 4.90 Å². The van der Waals surface area contributed by atoms with Crippen LogP contribution in [-0.4, -0.2) is 75.1 Å². The second-order valence-corrected chi connectivity index (χ2v) is 12.0. The molecule has 13 nitrogen and oxygen atoms in total. The van der Waals surface area contributed by atoms with Crippen LogP contribution in [0.25, 0.3) is 11.1 Å². The number of halogens is 1. The van der Waals surface area contributed by atoms with E-state index in [9.17, 15) is 24.3 Å². The van der Waals surface area contributed by atoms with Gasteiger partial charge < -0.3 is 29.8 Å². The molecule has 5 rings (SSSR count). The highest BCUT2D eigenvalue weighted by molar-refractivity contribution is 6.30. The first-order valence-corrected chi connectivity index (χ1v) is 14.4. The van der Waals surface area contributed by atoms with Gasteiger partial charge in [-0.3, -0.25) is 19.3 Å². The van der Waals surface area contributed by atoms with Crippen molar-refractivity contribution in [2.75, 3.05) is 35.3 Å². The number of hydrogen-bond acceptors (Lipinski definition) is 8. The minimum Gasteiger partial charge on any atom is -0.465 e. The second kappa shape index (κ2) is 12.2. The van der Waals surface area contributed by atoms with Crippen LogP contribution in [0, 0.1) is 5.92 Å². The average molecular weight is 613 g/mol. The number of rotatable bonds is 6. The lowest BCUT2D eigenvalue weighted by atomic mass is 9.84. The molecule has 4 heterocycles. The molecule has 43 heavy (non-hydrogen) atoms. The number of aromatic nitrogens is 2. The molecule has 2 aliphatic rings. The van der Waals surface area contributed by atoms with Crippen molar-refractivity contribution >= 4 is 63.7 Å². The largest absolute Gasteiger partial charge is 0.465 e. The van der Waals surface area contributed by atoms with Crippen molar-refractivity contribution in [3.05, 3.63) is 41.4 Å². The number of nitrogens with one attached hydrogen (secondary N) is 2. The van der Waals surface area contributed by atoms with E-state index >= 15 is 0 Å². The molecule has 0 aromatic carbocycles. The summed E-state index contributed by atoms with van der Waals surface area (Å²) in [6.07, 6.45) is 4.01. The lowest BCUT2D eigenvalue weighted by Crippen LogP contribution is -2.49. The van der Waals surface area contributed by atoms with Gasteiger partial charge in [0, 0.05) is 36.3 Å². The van der Waals surface area contributed by atoms with Gasteiger partial charge in [0.15, 0.2) is 5.58 Å². The molecule has 3 N–H and O–H groups in total. The fourth-order valence-corrected chi connectivity index (χ4v) is 5.68. The number of fused-ring (bicyclic) bond motifs is 1. The smallest absolute Gasteiger partial charge is 0.412 e. The standard InChI is InChI=1S/C29H33ClN6O7/c1-29(2,3)36(28(40)41)19-12-20-23(32-14-19)24(25(43-20)27(39)33-21-9-6-17(30)13-31-21)34-26(38)16-4-7-18(8-5-16)35-10-11-42-15-22(35)37/h6,9,12-14,16,18H,4-5,7-8,10-11,15H2,1-3H3,(H,34,38)(H,40,41)(H,31,33,39). The lowest BCUT2D eigenvalue weighted by molar-refractivity contribution is -0.146. The third-order valence-electron chi connectivity index (χ3n) is 7.59. The molecule has 2 fully saturated rings. The van der Waals surface area contributed by atoms with Crippen LogP contribution in [0.2, 0.25) is 5.02 Å². The summed E-state index contributed by atoms with van der Waals surface area (Å²) >= 11 is 5.91. The number of nitrogens with zero attached hydrogens (tertiary/aromatic N) is 4. The van der Waals surface area contributed by atoms with Gasteiger partial charge in [-0.05, 0) is 58.6 Å². The molecular formula is C29H33ClN6O7. The number of carboxylic acid groups (broad SMARTS) is 1.